The lowest BCUT2D eigenvalue weighted by Gasteiger charge is -2.00. The van der Waals surface area contributed by atoms with Gasteiger partial charge in [0.15, 0.2) is 0 Å². The van der Waals surface area contributed by atoms with E-state index in [0.717, 1.165) is 21.6 Å². The van der Waals surface area contributed by atoms with Crippen molar-refractivity contribution in [3.63, 3.8) is 0 Å². The molecule has 0 aliphatic heterocycles. The van der Waals surface area contributed by atoms with Crippen molar-refractivity contribution in [1.82, 2.24) is 9.78 Å². The van der Waals surface area contributed by atoms with E-state index in [1.807, 2.05) is 41.9 Å². The Hall–Kier alpha value is -2.32. The smallest absolute Gasteiger partial charge is 0.130 e. The third-order valence-electron chi connectivity index (χ3n) is 2.83. The molecule has 2 N–H and O–H groups in total. The Morgan fingerprint density at radius 3 is 2.72 bits per heavy atom. The number of benzene rings is 1. The first-order chi connectivity index (χ1) is 8.72. The monoisotopic (exact) mass is 254 g/mol. The molecule has 2 heterocycles. The zero-order valence-electron chi connectivity index (χ0n) is 9.71. The molecule has 18 heavy (non-hydrogen) atoms. The van der Waals surface area contributed by atoms with Crippen molar-refractivity contribution in [3.8, 4) is 11.8 Å². The SMILES string of the molecule is Cc1nn(-c2ccccc2)c2sc(C#N)c(N)c12. The van der Waals surface area contributed by atoms with Crippen molar-refractivity contribution in [3.05, 3.63) is 40.9 Å². The van der Waals surface area contributed by atoms with E-state index in [1.165, 1.54) is 11.3 Å². The lowest BCUT2D eigenvalue weighted by molar-refractivity contribution is 0.894. The molecule has 88 valence electrons. The number of para-hydroxylation sites is 1. The molecule has 0 radical (unpaired) electrons. The minimum absolute atomic E-state index is 0.539. The van der Waals surface area contributed by atoms with Crippen LogP contribution in [0.5, 0.6) is 0 Å². The standard InChI is InChI=1S/C13H10N4S/c1-8-11-12(15)10(7-14)18-13(11)17(16-8)9-5-3-2-4-6-9/h2-6H,15H2,1H3. The summed E-state index contributed by atoms with van der Waals surface area (Å²) in [7, 11) is 0. The Balaban J connectivity index is 2.36. The minimum Gasteiger partial charge on any atom is -0.396 e. The minimum atomic E-state index is 0.539. The second kappa shape index (κ2) is 3.86. The zero-order valence-corrected chi connectivity index (χ0v) is 10.5. The second-order valence-electron chi connectivity index (χ2n) is 3.97. The molecule has 0 spiro atoms. The molecular formula is C13H10N4S. The summed E-state index contributed by atoms with van der Waals surface area (Å²) in [5.41, 5.74) is 8.34. The number of anilines is 1. The van der Waals surface area contributed by atoms with Crippen LogP contribution in [-0.2, 0) is 0 Å². The predicted octanol–water partition coefficient (Wildman–Crippen LogP) is 2.85. The van der Waals surface area contributed by atoms with Crippen molar-refractivity contribution in [2.75, 3.05) is 5.73 Å². The van der Waals surface area contributed by atoms with Crippen LogP contribution in [0.3, 0.4) is 0 Å². The van der Waals surface area contributed by atoms with Gasteiger partial charge in [0.05, 0.1) is 22.5 Å². The molecule has 0 unspecified atom stereocenters. The van der Waals surface area contributed by atoms with Crippen LogP contribution in [0, 0.1) is 18.3 Å². The van der Waals surface area contributed by atoms with E-state index in [4.69, 9.17) is 11.0 Å². The lowest BCUT2D eigenvalue weighted by Crippen LogP contribution is -1.94. The number of aryl methyl sites for hydroxylation is 1. The van der Waals surface area contributed by atoms with E-state index in [2.05, 4.69) is 11.2 Å². The van der Waals surface area contributed by atoms with Gasteiger partial charge in [-0.3, -0.25) is 0 Å². The molecule has 0 fully saturated rings. The third kappa shape index (κ3) is 1.40. The van der Waals surface area contributed by atoms with Gasteiger partial charge in [-0.25, -0.2) is 4.68 Å². The third-order valence-corrected chi connectivity index (χ3v) is 3.92. The van der Waals surface area contributed by atoms with E-state index in [1.54, 1.807) is 0 Å². The van der Waals surface area contributed by atoms with Gasteiger partial charge < -0.3 is 5.73 Å². The van der Waals surface area contributed by atoms with E-state index in [9.17, 15) is 0 Å². The molecule has 2 aromatic heterocycles. The van der Waals surface area contributed by atoms with Gasteiger partial charge in [0.2, 0.25) is 0 Å². The van der Waals surface area contributed by atoms with Gasteiger partial charge in [-0.15, -0.1) is 11.3 Å². The molecule has 0 saturated heterocycles. The first-order valence-corrected chi connectivity index (χ1v) is 6.27. The zero-order chi connectivity index (χ0) is 12.7. The van der Waals surface area contributed by atoms with Gasteiger partial charge >= 0.3 is 0 Å². The number of nitrogens with zero attached hydrogens (tertiary/aromatic N) is 3. The molecule has 1 aromatic carbocycles. The molecule has 0 aliphatic carbocycles. The van der Waals surface area contributed by atoms with Crippen molar-refractivity contribution in [1.29, 1.82) is 5.26 Å². The molecule has 0 saturated carbocycles. The van der Waals surface area contributed by atoms with Crippen LogP contribution >= 0.6 is 11.3 Å². The van der Waals surface area contributed by atoms with Crippen LogP contribution in [-0.4, -0.2) is 9.78 Å². The van der Waals surface area contributed by atoms with Crippen LogP contribution in [0.15, 0.2) is 30.3 Å². The van der Waals surface area contributed by atoms with Crippen LogP contribution in [0.2, 0.25) is 0 Å². The highest BCUT2D eigenvalue weighted by Crippen LogP contribution is 2.36. The summed E-state index contributed by atoms with van der Waals surface area (Å²) in [4.78, 5) is 1.47. The molecule has 3 aromatic rings. The molecule has 0 amide bonds. The van der Waals surface area contributed by atoms with Crippen LogP contribution in [0.4, 0.5) is 5.69 Å². The van der Waals surface area contributed by atoms with Crippen molar-refractivity contribution < 1.29 is 0 Å². The average Bonchev–Trinajstić information content (AvgIpc) is 2.89. The summed E-state index contributed by atoms with van der Waals surface area (Å²) in [6.45, 7) is 1.91. The number of thiophene rings is 1. The summed E-state index contributed by atoms with van der Waals surface area (Å²) in [6.07, 6.45) is 0. The fourth-order valence-electron chi connectivity index (χ4n) is 2.00. The molecule has 4 nitrogen and oxygen atoms in total. The first-order valence-electron chi connectivity index (χ1n) is 5.45. The van der Waals surface area contributed by atoms with E-state index >= 15 is 0 Å². The second-order valence-corrected chi connectivity index (χ2v) is 4.97. The first kappa shape index (κ1) is 10.8. The largest absolute Gasteiger partial charge is 0.396 e. The van der Waals surface area contributed by atoms with E-state index < -0.39 is 0 Å². The highest BCUT2D eigenvalue weighted by atomic mass is 32.1. The normalized spacial score (nSPS) is 10.7. The van der Waals surface area contributed by atoms with E-state index in [-0.39, 0.29) is 0 Å². The number of nitrogens with two attached hydrogens (primary N) is 1. The van der Waals surface area contributed by atoms with Crippen LogP contribution in [0.1, 0.15) is 10.6 Å². The maximum atomic E-state index is 9.04. The maximum Gasteiger partial charge on any atom is 0.130 e. The van der Waals surface area contributed by atoms with Gasteiger partial charge in [0.1, 0.15) is 15.8 Å². The fourth-order valence-corrected chi connectivity index (χ4v) is 3.05. The molecular weight excluding hydrogens is 244 g/mol. The summed E-state index contributed by atoms with van der Waals surface area (Å²) >= 11 is 1.38. The topological polar surface area (TPSA) is 67.6 Å². The molecule has 0 atom stereocenters. The number of hydrogen-bond acceptors (Lipinski definition) is 4. The van der Waals surface area contributed by atoms with Gasteiger partial charge in [-0.05, 0) is 19.1 Å². The predicted molar refractivity (Wildman–Crippen MR) is 72.8 cm³/mol. The van der Waals surface area contributed by atoms with Crippen molar-refractivity contribution in [2.45, 2.75) is 6.92 Å². The quantitative estimate of drug-likeness (QED) is 0.726. The maximum absolute atomic E-state index is 9.04. The average molecular weight is 254 g/mol. The fraction of sp³-hybridized carbons (Fsp3) is 0.0769. The lowest BCUT2D eigenvalue weighted by atomic mass is 10.2. The number of rotatable bonds is 1. The Labute approximate surface area is 108 Å². The Kier molecular flexibility index (Phi) is 2.32. The molecule has 0 aliphatic rings. The highest BCUT2D eigenvalue weighted by molar-refractivity contribution is 7.20. The number of nitrogen functional groups attached to an aromatic ring is 1. The molecule has 5 heteroatoms. The summed E-state index contributed by atoms with van der Waals surface area (Å²) in [5.74, 6) is 0. The molecule has 3 rings (SSSR count). The number of fused-ring (bicyclic) bond motifs is 1. The van der Waals surface area contributed by atoms with Gasteiger partial charge in [-0.1, -0.05) is 18.2 Å². The Bertz CT molecular complexity index is 762. The highest BCUT2D eigenvalue weighted by Gasteiger charge is 2.17. The number of hydrogen-bond donors (Lipinski definition) is 1. The number of aromatic nitrogens is 2. The van der Waals surface area contributed by atoms with Gasteiger partial charge in [0, 0.05) is 0 Å². The summed E-state index contributed by atoms with van der Waals surface area (Å²) < 4.78 is 1.84. The summed E-state index contributed by atoms with van der Waals surface area (Å²) in [5, 5.41) is 14.4. The number of nitriles is 1. The van der Waals surface area contributed by atoms with Crippen molar-refractivity contribution in [2.24, 2.45) is 0 Å². The van der Waals surface area contributed by atoms with Crippen molar-refractivity contribution >= 4 is 27.2 Å². The Morgan fingerprint density at radius 1 is 1.33 bits per heavy atom. The van der Waals surface area contributed by atoms with Crippen LogP contribution in [0.25, 0.3) is 15.9 Å². The van der Waals surface area contributed by atoms with Gasteiger partial charge in [-0.2, -0.15) is 10.4 Å². The van der Waals surface area contributed by atoms with E-state index in [0.29, 0.717) is 10.6 Å². The Morgan fingerprint density at radius 2 is 2.06 bits per heavy atom. The van der Waals surface area contributed by atoms with Gasteiger partial charge in [0.25, 0.3) is 0 Å². The molecule has 0 bridgehead atoms. The van der Waals surface area contributed by atoms with Crippen LogP contribution < -0.4 is 5.73 Å². The summed E-state index contributed by atoms with van der Waals surface area (Å²) in [6, 6.07) is 12.0.